The number of anilines is 1. The lowest BCUT2D eigenvalue weighted by Gasteiger charge is -2.39. The molecule has 5 rings (SSSR count). The van der Waals surface area contributed by atoms with Crippen molar-refractivity contribution in [3.8, 4) is 17.3 Å². The molecule has 0 saturated carbocycles. The topological polar surface area (TPSA) is 117 Å². The number of likely N-dealkylation sites (tertiary alicyclic amines) is 1. The molecule has 40 heavy (non-hydrogen) atoms. The number of nitrogens with zero attached hydrogens (tertiary/aromatic N) is 7. The van der Waals surface area contributed by atoms with Crippen LogP contribution in [-0.2, 0) is 11.8 Å². The number of fused-ring (bicyclic) bond motifs is 1. The van der Waals surface area contributed by atoms with Crippen LogP contribution in [0.1, 0.15) is 48.8 Å². The van der Waals surface area contributed by atoms with Gasteiger partial charge in [-0.1, -0.05) is 11.3 Å². The highest BCUT2D eigenvalue weighted by Gasteiger charge is 2.36. The van der Waals surface area contributed by atoms with Crippen molar-refractivity contribution >= 4 is 39.2 Å². The molecule has 3 aromatic heterocycles. The van der Waals surface area contributed by atoms with Crippen LogP contribution in [0.4, 0.5) is 15.0 Å². The van der Waals surface area contributed by atoms with Gasteiger partial charge < -0.3 is 9.64 Å². The number of carbonyl (C=O) groups excluding carboxylic acids is 2. The van der Waals surface area contributed by atoms with E-state index < -0.39 is 29.5 Å². The second-order valence-electron chi connectivity index (χ2n) is 10.6. The van der Waals surface area contributed by atoms with Crippen LogP contribution in [-0.4, -0.2) is 61.6 Å². The number of aryl methyl sites for hydroxylation is 1. The van der Waals surface area contributed by atoms with Crippen molar-refractivity contribution < 1.29 is 18.7 Å². The van der Waals surface area contributed by atoms with E-state index >= 15 is 4.39 Å². The van der Waals surface area contributed by atoms with Gasteiger partial charge >= 0.3 is 6.09 Å². The van der Waals surface area contributed by atoms with Crippen molar-refractivity contribution in [2.24, 2.45) is 7.05 Å². The summed E-state index contributed by atoms with van der Waals surface area (Å²) in [6, 6.07) is 9.41. The van der Waals surface area contributed by atoms with Gasteiger partial charge in [-0.3, -0.25) is 14.4 Å². The van der Waals surface area contributed by atoms with E-state index in [9.17, 15) is 14.9 Å². The molecule has 1 saturated heterocycles. The van der Waals surface area contributed by atoms with Gasteiger partial charge in [-0.15, -0.1) is 16.4 Å². The summed E-state index contributed by atoms with van der Waals surface area (Å²) < 4.78 is 23.4. The van der Waals surface area contributed by atoms with E-state index in [2.05, 4.69) is 21.4 Å². The largest absolute Gasteiger partial charge is 0.444 e. The molecule has 4 aromatic rings. The quantitative estimate of drug-likeness (QED) is 0.338. The van der Waals surface area contributed by atoms with Crippen molar-refractivity contribution in [3.05, 3.63) is 59.0 Å². The Labute approximate surface area is 234 Å². The molecular formula is C28H28FN7O3S. The number of rotatable bonds is 4. The summed E-state index contributed by atoms with van der Waals surface area (Å²) in [5, 5.41) is 18.0. The summed E-state index contributed by atoms with van der Waals surface area (Å²) in [5.41, 5.74) is 0.146. The Morgan fingerprint density at radius 3 is 2.73 bits per heavy atom. The van der Waals surface area contributed by atoms with E-state index in [1.165, 1.54) is 33.1 Å². The van der Waals surface area contributed by atoms with Crippen LogP contribution in [0.5, 0.6) is 0 Å². The van der Waals surface area contributed by atoms with Crippen molar-refractivity contribution in [2.45, 2.75) is 45.3 Å². The van der Waals surface area contributed by atoms with Crippen LogP contribution in [0.3, 0.4) is 0 Å². The fourth-order valence-electron chi connectivity index (χ4n) is 4.75. The monoisotopic (exact) mass is 561 g/mol. The first kappa shape index (κ1) is 27.2. The molecule has 1 aromatic carbocycles. The standard InChI is InChI=1S/C28H28FN7O3S/c1-28(2,3)39-27(38)35-11-5-6-18(15-35)36(25-21-13-19(14-30)40-24(21)9-10-31-25)26(37)20-8-7-17(12-22(20)29)23-16-34(4)33-32-23/h7-10,12-13,16,18H,5-6,11,15H2,1-4H3/t18-/m1/s1. The second-order valence-corrected chi connectivity index (χ2v) is 11.7. The zero-order valence-corrected chi connectivity index (χ0v) is 23.4. The molecule has 1 fully saturated rings. The minimum atomic E-state index is -0.715. The molecular weight excluding hydrogens is 533 g/mol. The molecule has 10 nitrogen and oxygen atoms in total. The number of amides is 2. The number of ether oxygens (including phenoxy) is 1. The molecule has 0 N–H and O–H groups in total. The highest BCUT2D eigenvalue weighted by molar-refractivity contribution is 7.19. The molecule has 206 valence electrons. The number of nitriles is 1. The van der Waals surface area contributed by atoms with E-state index in [0.29, 0.717) is 46.7 Å². The third-order valence-corrected chi connectivity index (χ3v) is 7.50. The Kier molecular flexibility index (Phi) is 7.25. The molecule has 2 amide bonds. The van der Waals surface area contributed by atoms with E-state index in [-0.39, 0.29) is 12.1 Å². The number of hydrogen-bond acceptors (Lipinski definition) is 8. The summed E-state index contributed by atoms with van der Waals surface area (Å²) >= 11 is 1.29. The first-order valence-electron chi connectivity index (χ1n) is 12.8. The maximum absolute atomic E-state index is 15.6. The first-order valence-corrected chi connectivity index (χ1v) is 13.6. The van der Waals surface area contributed by atoms with Gasteiger partial charge in [-0.25, -0.2) is 14.2 Å². The average Bonchev–Trinajstić information content (AvgIpc) is 3.54. The fraction of sp³-hybridized carbons (Fsp3) is 0.357. The smallest absolute Gasteiger partial charge is 0.410 e. The van der Waals surface area contributed by atoms with Gasteiger partial charge in [0.05, 0.1) is 17.8 Å². The number of aromatic nitrogens is 4. The molecule has 1 aliphatic rings. The van der Waals surface area contributed by atoms with E-state index in [1.807, 2.05) is 0 Å². The predicted octanol–water partition coefficient (Wildman–Crippen LogP) is 5.15. The zero-order valence-electron chi connectivity index (χ0n) is 22.6. The Hall–Kier alpha value is -4.37. The van der Waals surface area contributed by atoms with Gasteiger partial charge in [0.15, 0.2) is 0 Å². The first-order chi connectivity index (χ1) is 19.0. The molecule has 12 heteroatoms. The van der Waals surface area contributed by atoms with Crippen LogP contribution in [0.25, 0.3) is 21.3 Å². The SMILES string of the molecule is Cn1cc(-c2ccc(C(=O)N(c3nccc4sc(C#N)cc34)[C@@H]3CCCN(C(=O)OC(C)(C)C)C3)c(F)c2)nn1. The van der Waals surface area contributed by atoms with Gasteiger partial charge in [0.25, 0.3) is 5.91 Å². The Balaban J connectivity index is 1.56. The number of piperidine rings is 1. The summed E-state index contributed by atoms with van der Waals surface area (Å²) in [4.78, 5) is 35.1. The molecule has 0 aliphatic carbocycles. The number of carbonyl (C=O) groups is 2. The lowest BCUT2D eigenvalue weighted by molar-refractivity contribution is 0.0196. The van der Waals surface area contributed by atoms with Crippen LogP contribution >= 0.6 is 11.3 Å². The lowest BCUT2D eigenvalue weighted by Crippen LogP contribution is -2.53. The second kappa shape index (κ2) is 10.7. The molecule has 1 aliphatic heterocycles. The highest BCUT2D eigenvalue weighted by atomic mass is 32.1. The van der Waals surface area contributed by atoms with E-state index in [1.54, 1.807) is 63.3 Å². The summed E-state index contributed by atoms with van der Waals surface area (Å²) in [6.07, 6.45) is 3.93. The van der Waals surface area contributed by atoms with Crippen LogP contribution in [0.2, 0.25) is 0 Å². The summed E-state index contributed by atoms with van der Waals surface area (Å²) in [5.74, 6) is -0.995. The Morgan fingerprint density at radius 1 is 1.25 bits per heavy atom. The average molecular weight is 562 g/mol. The van der Waals surface area contributed by atoms with Crippen LogP contribution < -0.4 is 4.90 Å². The number of thiophene rings is 1. The normalized spacial score (nSPS) is 15.6. The molecule has 0 spiro atoms. The van der Waals surface area contributed by atoms with E-state index in [4.69, 9.17) is 4.74 Å². The number of hydrogen-bond donors (Lipinski definition) is 0. The van der Waals surface area contributed by atoms with Crippen molar-refractivity contribution in [1.82, 2.24) is 24.9 Å². The predicted molar refractivity (Wildman–Crippen MR) is 148 cm³/mol. The van der Waals surface area contributed by atoms with Gasteiger partial charge in [0, 0.05) is 42.0 Å². The van der Waals surface area contributed by atoms with E-state index in [0.717, 1.165) is 4.70 Å². The summed E-state index contributed by atoms with van der Waals surface area (Å²) in [6.45, 7) is 6.05. The molecule has 0 bridgehead atoms. The van der Waals surface area contributed by atoms with Gasteiger partial charge in [-0.2, -0.15) is 5.26 Å². The number of benzene rings is 1. The summed E-state index contributed by atoms with van der Waals surface area (Å²) in [7, 11) is 1.71. The van der Waals surface area contributed by atoms with Crippen LogP contribution in [0.15, 0.2) is 42.7 Å². The lowest BCUT2D eigenvalue weighted by atomic mass is 10.0. The highest BCUT2D eigenvalue weighted by Crippen LogP contribution is 2.35. The van der Waals surface area contributed by atoms with Gasteiger partial charge in [-0.05, 0) is 57.9 Å². The molecule has 0 unspecified atom stereocenters. The van der Waals surface area contributed by atoms with Gasteiger partial charge in [0.1, 0.15) is 33.9 Å². The third kappa shape index (κ3) is 5.51. The maximum atomic E-state index is 15.6. The maximum Gasteiger partial charge on any atom is 0.410 e. The third-order valence-electron chi connectivity index (χ3n) is 6.49. The fourth-order valence-corrected chi connectivity index (χ4v) is 5.59. The molecule has 4 heterocycles. The van der Waals surface area contributed by atoms with Crippen molar-refractivity contribution in [3.63, 3.8) is 0 Å². The number of pyridine rings is 1. The Bertz CT molecular complexity index is 1630. The van der Waals surface area contributed by atoms with Crippen LogP contribution in [0, 0.1) is 17.1 Å². The minimum absolute atomic E-state index is 0.142. The van der Waals surface area contributed by atoms with Crippen molar-refractivity contribution in [1.29, 1.82) is 5.26 Å². The number of halogens is 1. The van der Waals surface area contributed by atoms with Gasteiger partial charge in [0.2, 0.25) is 0 Å². The molecule has 1 atom stereocenters. The molecule has 0 radical (unpaired) electrons. The van der Waals surface area contributed by atoms with Crippen molar-refractivity contribution in [2.75, 3.05) is 18.0 Å². The Morgan fingerprint density at radius 2 is 2.05 bits per heavy atom. The minimum Gasteiger partial charge on any atom is -0.444 e. The zero-order chi connectivity index (χ0) is 28.6.